The molecule has 0 spiro atoms. The van der Waals surface area contributed by atoms with Crippen molar-refractivity contribution in [2.45, 2.75) is 23.6 Å². The predicted molar refractivity (Wildman–Crippen MR) is 75.2 cm³/mol. The van der Waals surface area contributed by atoms with E-state index in [1.165, 1.54) is 16.0 Å². The Balaban J connectivity index is 1.83. The highest BCUT2D eigenvalue weighted by molar-refractivity contribution is 8.00. The average Bonchev–Trinajstić information content (AvgIpc) is 2.31. The maximum atomic E-state index is 5.20. The SMILES string of the molecule is COCCNCc1ccc(SC2COC2)c(C)c1. The van der Waals surface area contributed by atoms with Gasteiger partial charge < -0.3 is 14.8 Å². The van der Waals surface area contributed by atoms with Crippen LogP contribution in [0.4, 0.5) is 0 Å². The molecule has 0 atom stereocenters. The van der Waals surface area contributed by atoms with Gasteiger partial charge in [0.15, 0.2) is 0 Å². The summed E-state index contributed by atoms with van der Waals surface area (Å²) in [6.45, 7) is 6.52. The number of aryl methyl sites for hydroxylation is 1. The topological polar surface area (TPSA) is 30.5 Å². The van der Waals surface area contributed by atoms with E-state index in [4.69, 9.17) is 9.47 Å². The first kappa shape index (κ1) is 13.9. The van der Waals surface area contributed by atoms with Crippen molar-refractivity contribution in [1.29, 1.82) is 0 Å². The van der Waals surface area contributed by atoms with Gasteiger partial charge >= 0.3 is 0 Å². The Morgan fingerprint density at radius 1 is 1.44 bits per heavy atom. The Kier molecular flexibility index (Phi) is 5.50. The number of rotatable bonds is 7. The van der Waals surface area contributed by atoms with Crippen LogP contribution in [0.1, 0.15) is 11.1 Å². The van der Waals surface area contributed by atoms with Crippen molar-refractivity contribution in [3.63, 3.8) is 0 Å². The molecule has 1 N–H and O–H groups in total. The maximum absolute atomic E-state index is 5.20. The van der Waals surface area contributed by atoms with Crippen molar-refractivity contribution in [3.05, 3.63) is 29.3 Å². The summed E-state index contributed by atoms with van der Waals surface area (Å²) in [6, 6.07) is 6.70. The van der Waals surface area contributed by atoms with E-state index in [2.05, 4.69) is 30.4 Å². The molecule has 0 aliphatic carbocycles. The van der Waals surface area contributed by atoms with Crippen molar-refractivity contribution in [2.24, 2.45) is 0 Å². The minimum Gasteiger partial charge on any atom is -0.383 e. The second-order valence-corrected chi connectivity index (χ2v) is 5.89. The van der Waals surface area contributed by atoms with Crippen molar-refractivity contribution in [3.8, 4) is 0 Å². The molecular weight excluding hydrogens is 246 g/mol. The van der Waals surface area contributed by atoms with E-state index in [0.717, 1.165) is 32.9 Å². The molecule has 18 heavy (non-hydrogen) atoms. The summed E-state index contributed by atoms with van der Waals surface area (Å²) in [4.78, 5) is 1.38. The Bertz CT molecular complexity index is 380. The molecule has 0 unspecified atom stereocenters. The fourth-order valence-corrected chi connectivity index (χ4v) is 2.90. The third kappa shape index (κ3) is 3.99. The Labute approximate surface area is 113 Å². The summed E-state index contributed by atoms with van der Waals surface area (Å²) in [5, 5.41) is 4.01. The van der Waals surface area contributed by atoms with Gasteiger partial charge in [0.05, 0.1) is 25.1 Å². The zero-order chi connectivity index (χ0) is 12.8. The van der Waals surface area contributed by atoms with E-state index < -0.39 is 0 Å². The quantitative estimate of drug-likeness (QED) is 0.767. The van der Waals surface area contributed by atoms with E-state index in [-0.39, 0.29) is 0 Å². The van der Waals surface area contributed by atoms with E-state index in [0.29, 0.717) is 5.25 Å². The second-order valence-electron chi connectivity index (χ2n) is 4.55. The lowest BCUT2D eigenvalue weighted by Crippen LogP contribution is -2.30. The van der Waals surface area contributed by atoms with Crippen LogP contribution in [0.25, 0.3) is 0 Å². The van der Waals surface area contributed by atoms with E-state index in [9.17, 15) is 0 Å². The number of nitrogens with one attached hydrogen (secondary N) is 1. The molecule has 1 heterocycles. The van der Waals surface area contributed by atoms with Crippen molar-refractivity contribution in [2.75, 3.05) is 33.5 Å². The molecule has 1 fully saturated rings. The molecular formula is C14H21NO2S. The number of thioether (sulfide) groups is 1. The van der Waals surface area contributed by atoms with Gasteiger partial charge in [0.2, 0.25) is 0 Å². The molecule has 1 aromatic rings. The van der Waals surface area contributed by atoms with Gasteiger partial charge in [-0.1, -0.05) is 12.1 Å². The molecule has 100 valence electrons. The van der Waals surface area contributed by atoms with Crippen LogP contribution in [0.2, 0.25) is 0 Å². The van der Waals surface area contributed by atoms with Gasteiger partial charge in [-0.3, -0.25) is 0 Å². The van der Waals surface area contributed by atoms with Crippen LogP contribution in [0, 0.1) is 6.92 Å². The molecule has 2 rings (SSSR count). The lowest BCUT2D eigenvalue weighted by Gasteiger charge is -2.25. The van der Waals surface area contributed by atoms with Gasteiger partial charge in [0.1, 0.15) is 0 Å². The molecule has 0 aromatic heterocycles. The summed E-state index contributed by atoms with van der Waals surface area (Å²) in [5.74, 6) is 0. The standard InChI is InChI=1S/C14H21NO2S/c1-11-7-12(8-15-5-6-16-2)3-4-14(11)18-13-9-17-10-13/h3-4,7,13,15H,5-6,8-10H2,1-2H3. The zero-order valence-corrected chi connectivity index (χ0v) is 11.9. The van der Waals surface area contributed by atoms with Crippen LogP contribution in [-0.4, -0.2) is 38.7 Å². The molecule has 0 saturated carbocycles. The van der Waals surface area contributed by atoms with Gasteiger partial charge in [-0.05, 0) is 24.1 Å². The van der Waals surface area contributed by atoms with Gasteiger partial charge in [0, 0.05) is 25.1 Å². The Morgan fingerprint density at radius 3 is 2.89 bits per heavy atom. The monoisotopic (exact) mass is 267 g/mol. The third-order valence-electron chi connectivity index (χ3n) is 2.95. The van der Waals surface area contributed by atoms with E-state index >= 15 is 0 Å². The average molecular weight is 267 g/mol. The van der Waals surface area contributed by atoms with Gasteiger partial charge in [-0.15, -0.1) is 11.8 Å². The minimum atomic E-state index is 0.648. The van der Waals surface area contributed by atoms with Gasteiger partial charge in [0.25, 0.3) is 0 Å². The van der Waals surface area contributed by atoms with Crippen molar-refractivity contribution in [1.82, 2.24) is 5.32 Å². The smallest absolute Gasteiger partial charge is 0.0611 e. The fourth-order valence-electron chi connectivity index (χ4n) is 1.82. The van der Waals surface area contributed by atoms with E-state index in [1.54, 1.807) is 7.11 Å². The molecule has 1 aliphatic heterocycles. The first-order chi connectivity index (χ1) is 8.79. The summed E-state index contributed by atoms with van der Waals surface area (Å²) in [6.07, 6.45) is 0. The highest BCUT2D eigenvalue weighted by atomic mass is 32.2. The predicted octanol–water partition coefficient (Wildman–Crippen LogP) is 2.22. The molecule has 1 saturated heterocycles. The van der Waals surface area contributed by atoms with Gasteiger partial charge in [-0.2, -0.15) is 0 Å². The number of ether oxygens (including phenoxy) is 2. The van der Waals surface area contributed by atoms with Crippen molar-refractivity contribution >= 4 is 11.8 Å². The highest BCUT2D eigenvalue weighted by Gasteiger charge is 2.20. The molecule has 1 aliphatic rings. The zero-order valence-electron chi connectivity index (χ0n) is 11.1. The van der Waals surface area contributed by atoms with Gasteiger partial charge in [-0.25, -0.2) is 0 Å². The minimum absolute atomic E-state index is 0.648. The van der Waals surface area contributed by atoms with E-state index in [1.807, 2.05) is 11.8 Å². The molecule has 0 bridgehead atoms. The third-order valence-corrected chi connectivity index (χ3v) is 4.27. The van der Waals surface area contributed by atoms with Crippen LogP contribution in [0.3, 0.4) is 0 Å². The Hall–Kier alpha value is -0.550. The maximum Gasteiger partial charge on any atom is 0.0611 e. The van der Waals surface area contributed by atoms with Crippen LogP contribution in [0.5, 0.6) is 0 Å². The lowest BCUT2D eigenvalue weighted by atomic mass is 10.1. The molecule has 3 nitrogen and oxygen atoms in total. The van der Waals surface area contributed by atoms with Crippen LogP contribution in [0.15, 0.2) is 23.1 Å². The molecule has 0 amide bonds. The fraction of sp³-hybridized carbons (Fsp3) is 0.571. The second kappa shape index (κ2) is 7.14. The first-order valence-corrected chi connectivity index (χ1v) is 7.21. The van der Waals surface area contributed by atoms with Crippen LogP contribution >= 0.6 is 11.8 Å². The largest absolute Gasteiger partial charge is 0.383 e. The summed E-state index contributed by atoms with van der Waals surface area (Å²) < 4.78 is 10.2. The number of hydrogen-bond acceptors (Lipinski definition) is 4. The van der Waals surface area contributed by atoms with Crippen LogP contribution in [-0.2, 0) is 16.0 Å². The molecule has 0 radical (unpaired) electrons. The summed E-state index contributed by atoms with van der Waals surface area (Å²) >= 11 is 1.93. The lowest BCUT2D eigenvalue weighted by molar-refractivity contribution is 0.0455. The number of hydrogen-bond donors (Lipinski definition) is 1. The molecule has 1 aromatic carbocycles. The van der Waals surface area contributed by atoms with Crippen molar-refractivity contribution < 1.29 is 9.47 Å². The Morgan fingerprint density at radius 2 is 2.28 bits per heavy atom. The number of methoxy groups -OCH3 is 1. The summed E-state index contributed by atoms with van der Waals surface area (Å²) in [7, 11) is 1.72. The number of benzene rings is 1. The highest BCUT2D eigenvalue weighted by Crippen LogP contribution is 2.30. The normalized spacial score (nSPS) is 15.7. The van der Waals surface area contributed by atoms with Crippen LogP contribution < -0.4 is 5.32 Å². The molecule has 4 heteroatoms. The summed E-state index contributed by atoms with van der Waals surface area (Å²) in [5.41, 5.74) is 2.69. The first-order valence-electron chi connectivity index (χ1n) is 6.33.